The van der Waals surface area contributed by atoms with Crippen molar-refractivity contribution in [2.45, 2.75) is 19.9 Å². The van der Waals surface area contributed by atoms with E-state index in [0.29, 0.717) is 15.7 Å². The van der Waals surface area contributed by atoms with E-state index < -0.39 is 0 Å². The summed E-state index contributed by atoms with van der Waals surface area (Å²) in [6, 6.07) is 15.1. The number of fused-ring (bicyclic) bond motifs is 1. The van der Waals surface area contributed by atoms with Gasteiger partial charge < -0.3 is 11.1 Å². The van der Waals surface area contributed by atoms with Crippen molar-refractivity contribution in [1.82, 2.24) is 0 Å². The number of nitrogens with zero attached hydrogens (tertiary/aromatic N) is 1. The standard InChI is InChI=1S/C19H18ClN3OS.ClH/c1-11(2)22-18(21)12-8-9-14-15(10-12)25-17(16(14)20)19(24)23-13-6-4-3-5-7-13;/h3-11H,1-2H3,(H2,21,22)(H,23,24);1H. The number of nitrogens with two attached hydrogens (primary N) is 1. The number of amides is 1. The van der Waals surface area contributed by atoms with Crippen molar-refractivity contribution in [1.29, 1.82) is 0 Å². The fourth-order valence-electron chi connectivity index (χ4n) is 2.43. The number of benzene rings is 2. The molecule has 0 aliphatic carbocycles. The van der Waals surface area contributed by atoms with E-state index >= 15 is 0 Å². The average molecular weight is 408 g/mol. The molecule has 3 aromatic rings. The summed E-state index contributed by atoms with van der Waals surface area (Å²) in [5, 5.41) is 4.16. The van der Waals surface area contributed by atoms with Crippen LogP contribution in [0.3, 0.4) is 0 Å². The summed E-state index contributed by atoms with van der Waals surface area (Å²) in [4.78, 5) is 17.4. The lowest BCUT2D eigenvalue weighted by Gasteiger charge is -2.03. The van der Waals surface area contributed by atoms with Gasteiger partial charge in [-0.1, -0.05) is 41.9 Å². The molecule has 3 N–H and O–H groups in total. The van der Waals surface area contributed by atoms with Crippen LogP contribution in [0.1, 0.15) is 29.1 Å². The molecular weight excluding hydrogens is 389 g/mol. The highest BCUT2D eigenvalue weighted by molar-refractivity contribution is 7.21. The number of halogens is 2. The van der Waals surface area contributed by atoms with Crippen LogP contribution in [0.15, 0.2) is 53.5 Å². The van der Waals surface area contributed by atoms with Crippen molar-refractivity contribution < 1.29 is 4.79 Å². The number of hydrogen-bond acceptors (Lipinski definition) is 3. The van der Waals surface area contributed by atoms with E-state index in [0.717, 1.165) is 21.3 Å². The number of hydrogen-bond donors (Lipinski definition) is 2. The molecule has 4 nitrogen and oxygen atoms in total. The first-order valence-corrected chi connectivity index (χ1v) is 9.07. The maximum absolute atomic E-state index is 12.5. The molecule has 0 saturated carbocycles. The number of carbonyl (C=O) groups is 1. The molecule has 0 spiro atoms. The molecular formula is C19H19Cl2N3OS. The highest BCUT2D eigenvalue weighted by Crippen LogP contribution is 2.36. The van der Waals surface area contributed by atoms with E-state index in [1.165, 1.54) is 11.3 Å². The quantitative estimate of drug-likeness (QED) is 0.452. The first-order valence-electron chi connectivity index (χ1n) is 7.88. The Balaban J connectivity index is 0.00000243. The molecule has 2 aromatic carbocycles. The first kappa shape index (κ1) is 20.2. The molecule has 136 valence electrons. The van der Waals surface area contributed by atoms with Crippen LogP contribution in [0, 0.1) is 0 Å². The maximum atomic E-state index is 12.5. The van der Waals surface area contributed by atoms with Gasteiger partial charge in [-0.05, 0) is 32.0 Å². The van der Waals surface area contributed by atoms with Crippen LogP contribution in [0.25, 0.3) is 10.1 Å². The van der Waals surface area contributed by atoms with Crippen LogP contribution in [0.2, 0.25) is 5.02 Å². The Morgan fingerprint density at radius 3 is 2.54 bits per heavy atom. The Labute approximate surface area is 167 Å². The molecule has 0 atom stereocenters. The first-order chi connectivity index (χ1) is 12.0. The summed E-state index contributed by atoms with van der Waals surface area (Å²) in [6.45, 7) is 3.94. The number of carbonyl (C=O) groups excluding carboxylic acids is 1. The van der Waals surface area contributed by atoms with Gasteiger partial charge in [-0.3, -0.25) is 9.79 Å². The summed E-state index contributed by atoms with van der Waals surface area (Å²) in [5.41, 5.74) is 7.60. The van der Waals surface area contributed by atoms with Gasteiger partial charge in [0.15, 0.2) is 0 Å². The number of nitrogens with one attached hydrogen (secondary N) is 1. The second-order valence-electron chi connectivity index (χ2n) is 5.88. The van der Waals surface area contributed by atoms with E-state index in [4.69, 9.17) is 17.3 Å². The van der Waals surface area contributed by atoms with E-state index in [2.05, 4.69) is 10.3 Å². The molecule has 0 bridgehead atoms. The third-order valence-electron chi connectivity index (χ3n) is 3.56. The molecule has 0 unspecified atom stereocenters. The number of amidine groups is 1. The zero-order chi connectivity index (χ0) is 18.0. The topological polar surface area (TPSA) is 67.5 Å². The van der Waals surface area contributed by atoms with E-state index in [-0.39, 0.29) is 24.4 Å². The molecule has 26 heavy (non-hydrogen) atoms. The number of para-hydroxylation sites is 1. The number of aliphatic imine (C=N–C) groups is 1. The maximum Gasteiger partial charge on any atom is 0.267 e. The van der Waals surface area contributed by atoms with Gasteiger partial charge in [-0.25, -0.2) is 0 Å². The second kappa shape index (κ2) is 8.54. The third-order valence-corrected chi connectivity index (χ3v) is 5.22. The monoisotopic (exact) mass is 407 g/mol. The van der Waals surface area contributed by atoms with Crippen molar-refractivity contribution in [2.75, 3.05) is 5.32 Å². The summed E-state index contributed by atoms with van der Waals surface area (Å²) in [5.74, 6) is 0.263. The highest BCUT2D eigenvalue weighted by atomic mass is 35.5. The van der Waals surface area contributed by atoms with Crippen LogP contribution < -0.4 is 11.1 Å². The van der Waals surface area contributed by atoms with Gasteiger partial charge in [0.2, 0.25) is 0 Å². The molecule has 1 amide bonds. The molecule has 0 fully saturated rings. The Bertz CT molecular complexity index is 952. The summed E-state index contributed by atoms with van der Waals surface area (Å²) in [6.07, 6.45) is 0. The van der Waals surface area contributed by atoms with Gasteiger partial charge in [0.05, 0.1) is 5.02 Å². The molecule has 0 aliphatic heterocycles. The summed E-state index contributed by atoms with van der Waals surface area (Å²) in [7, 11) is 0. The summed E-state index contributed by atoms with van der Waals surface area (Å²) >= 11 is 7.77. The third kappa shape index (κ3) is 4.36. The Morgan fingerprint density at radius 2 is 1.88 bits per heavy atom. The predicted octanol–water partition coefficient (Wildman–Crippen LogP) is 5.34. The normalized spacial score (nSPS) is 11.5. The molecule has 1 heterocycles. The van der Waals surface area contributed by atoms with Crippen molar-refractivity contribution in [3.05, 3.63) is 64.0 Å². The Hall–Kier alpha value is -2.08. The fraction of sp³-hybridized carbons (Fsp3) is 0.158. The highest BCUT2D eigenvalue weighted by Gasteiger charge is 2.18. The average Bonchev–Trinajstić information content (AvgIpc) is 2.91. The number of thiophene rings is 1. The van der Waals surface area contributed by atoms with Crippen LogP contribution in [-0.4, -0.2) is 17.8 Å². The van der Waals surface area contributed by atoms with E-state index in [9.17, 15) is 4.79 Å². The van der Waals surface area contributed by atoms with Crippen LogP contribution in [0.5, 0.6) is 0 Å². The molecule has 3 rings (SSSR count). The second-order valence-corrected chi connectivity index (χ2v) is 7.31. The molecule has 0 radical (unpaired) electrons. The van der Waals surface area contributed by atoms with Gasteiger partial charge in [-0.2, -0.15) is 0 Å². The van der Waals surface area contributed by atoms with Crippen LogP contribution in [0.4, 0.5) is 5.69 Å². The summed E-state index contributed by atoms with van der Waals surface area (Å²) < 4.78 is 0.905. The lowest BCUT2D eigenvalue weighted by molar-refractivity contribution is 0.103. The largest absolute Gasteiger partial charge is 0.383 e. The Morgan fingerprint density at radius 1 is 1.19 bits per heavy atom. The lowest BCUT2D eigenvalue weighted by Crippen LogP contribution is -2.15. The van der Waals surface area contributed by atoms with E-state index in [1.807, 2.05) is 62.4 Å². The van der Waals surface area contributed by atoms with Crippen molar-refractivity contribution in [3.8, 4) is 0 Å². The van der Waals surface area contributed by atoms with Crippen molar-refractivity contribution >= 4 is 62.9 Å². The lowest BCUT2D eigenvalue weighted by atomic mass is 10.1. The molecule has 1 aromatic heterocycles. The SMILES string of the molecule is CC(C)N=C(N)c1ccc2c(Cl)c(C(=O)Nc3ccccc3)sc2c1.Cl. The minimum absolute atomic E-state index is 0. The smallest absolute Gasteiger partial charge is 0.267 e. The zero-order valence-electron chi connectivity index (χ0n) is 14.3. The minimum atomic E-state index is -0.220. The van der Waals surface area contributed by atoms with Gasteiger partial charge >= 0.3 is 0 Å². The van der Waals surface area contributed by atoms with Crippen LogP contribution >= 0.6 is 35.3 Å². The van der Waals surface area contributed by atoms with Gasteiger partial charge in [-0.15, -0.1) is 23.7 Å². The molecule has 0 saturated heterocycles. The minimum Gasteiger partial charge on any atom is -0.383 e. The molecule has 0 aliphatic rings. The Kier molecular flexibility index (Phi) is 6.64. The van der Waals surface area contributed by atoms with Crippen LogP contribution in [-0.2, 0) is 0 Å². The van der Waals surface area contributed by atoms with Crippen molar-refractivity contribution in [3.63, 3.8) is 0 Å². The number of rotatable bonds is 4. The molecule has 7 heteroatoms. The number of anilines is 1. The zero-order valence-corrected chi connectivity index (χ0v) is 16.7. The van der Waals surface area contributed by atoms with Gasteiger partial charge in [0.1, 0.15) is 10.7 Å². The van der Waals surface area contributed by atoms with E-state index in [1.54, 1.807) is 0 Å². The predicted molar refractivity (Wildman–Crippen MR) is 114 cm³/mol. The van der Waals surface area contributed by atoms with Gasteiger partial charge in [0, 0.05) is 27.4 Å². The fourth-order valence-corrected chi connectivity index (χ4v) is 3.88. The van der Waals surface area contributed by atoms with Gasteiger partial charge in [0.25, 0.3) is 5.91 Å². The van der Waals surface area contributed by atoms with Crippen molar-refractivity contribution in [2.24, 2.45) is 10.7 Å².